The first-order valence-electron chi connectivity index (χ1n) is 6.87. The third-order valence-corrected chi connectivity index (χ3v) is 5.23. The van der Waals surface area contributed by atoms with Crippen molar-refractivity contribution in [3.05, 3.63) is 21.8 Å². The summed E-state index contributed by atoms with van der Waals surface area (Å²) in [5.74, 6) is 0.924. The van der Waals surface area contributed by atoms with Crippen molar-refractivity contribution in [3.8, 4) is 0 Å². The molecule has 0 saturated heterocycles. The molecule has 1 aromatic heterocycles. The van der Waals surface area contributed by atoms with Gasteiger partial charge in [0.15, 0.2) is 0 Å². The molecule has 0 amide bonds. The Morgan fingerprint density at radius 2 is 1.73 bits per heavy atom. The van der Waals surface area contributed by atoms with Crippen LogP contribution < -0.4 is 4.90 Å². The fraction of sp³-hybridized carbons (Fsp3) is 0.600. The molecule has 0 bridgehead atoms. The topological polar surface area (TPSA) is 33.2 Å². The molecule has 0 aliphatic rings. The minimum absolute atomic E-state index is 0. The van der Waals surface area contributed by atoms with Gasteiger partial charge < -0.3 is 9.69 Å². The number of halogens is 2. The van der Waals surface area contributed by atoms with Crippen LogP contribution in [0.1, 0.15) is 40.3 Å². The largest absolute Gasteiger partial charge is 1.00 e. The van der Waals surface area contributed by atoms with E-state index in [-0.39, 0.29) is 19.5 Å². The molecule has 1 radical (unpaired) electrons. The molecule has 1 unspecified atom stereocenters. The van der Waals surface area contributed by atoms with Gasteiger partial charge in [-0.25, -0.2) is 4.98 Å². The van der Waals surface area contributed by atoms with Gasteiger partial charge in [-0.05, 0) is 19.0 Å². The van der Waals surface area contributed by atoms with Gasteiger partial charge in [0.05, 0.1) is 15.7 Å². The SMILES string of the molecule is CCN(CC)c1cc(Cl)c(Cl)c(CPC(C)(C)C)n1.[CH-]=O.[Ru+]. The number of hydrogen-bond donors (Lipinski definition) is 0. The summed E-state index contributed by atoms with van der Waals surface area (Å²) >= 11 is 12.5. The molecular weight excluding hydrogens is 427 g/mol. The minimum Gasteiger partial charge on any atom is -0.545 e. The Labute approximate surface area is 159 Å². The second-order valence-electron chi connectivity index (χ2n) is 5.50. The number of rotatable bonds is 5. The molecule has 1 heterocycles. The molecule has 0 fully saturated rings. The van der Waals surface area contributed by atoms with Gasteiger partial charge in [-0.1, -0.05) is 44.0 Å². The molecule has 1 atom stereocenters. The molecule has 0 saturated carbocycles. The van der Waals surface area contributed by atoms with Gasteiger partial charge in [0.25, 0.3) is 0 Å². The molecule has 7 heteroatoms. The van der Waals surface area contributed by atoms with Crippen molar-refractivity contribution in [3.63, 3.8) is 0 Å². The van der Waals surface area contributed by atoms with Gasteiger partial charge in [-0.3, -0.25) is 6.79 Å². The molecule has 127 valence electrons. The fourth-order valence-electron chi connectivity index (χ4n) is 1.71. The zero-order valence-electron chi connectivity index (χ0n) is 13.7. The van der Waals surface area contributed by atoms with Crippen LogP contribution in [0.3, 0.4) is 0 Å². The van der Waals surface area contributed by atoms with Crippen LogP contribution in [-0.4, -0.2) is 30.0 Å². The van der Waals surface area contributed by atoms with Crippen molar-refractivity contribution < 1.29 is 24.3 Å². The number of hydrogen-bond acceptors (Lipinski definition) is 3. The average molecular weight is 451 g/mol. The molecule has 0 aromatic carbocycles. The van der Waals surface area contributed by atoms with Gasteiger partial charge >= 0.3 is 19.5 Å². The van der Waals surface area contributed by atoms with Crippen LogP contribution in [0.2, 0.25) is 10.0 Å². The second kappa shape index (κ2) is 11.7. The molecule has 0 aliphatic heterocycles. The maximum Gasteiger partial charge on any atom is 1.00 e. The zero-order chi connectivity index (χ0) is 16.6. The summed E-state index contributed by atoms with van der Waals surface area (Å²) in [6.07, 6.45) is 0.886. The third kappa shape index (κ3) is 8.20. The van der Waals surface area contributed by atoms with E-state index in [9.17, 15) is 0 Å². The van der Waals surface area contributed by atoms with Crippen LogP contribution >= 0.6 is 31.8 Å². The molecule has 0 N–H and O–H groups in total. The Morgan fingerprint density at radius 1 is 1.23 bits per heavy atom. The standard InChI is InChI=1S/C14H23Cl2N2P.CHO.Ru/c1-6-18(7-2)12-8-10(15)13(16)11(17-12)9-19-14(3,4)5;1-2;/h8,19H,6-7,9H2,1-5H3;1H;/q;-1;+1. The number of aromatic nitrogens is 1. The minimum atomic E-state index is 0. The van der Waals surface area contributed by atoms with Crippen molar-refractivity contribution in [2.24, 2.45) is 0 Å². The molecule has 0 aliphatic carbocycles. The van der Waals surface area contributed by atoms with E-state index in [0.717, 1.165) is 39.3 Å². The molecule has 1 aromatic rings. The molecular formula is C15H24Cl2N2OPRu. The van der Waals surface area contributed by atoms with Crippen molar-refractivity contribution in [1.29, 1.82) is 0 Å². The molecule has 1 rings (SSSR count). The van der Waals surface area contributed by atoms with Crippen LogP contribution in [0.15, 0.2) is 6.07 Å². The zero-order valence-corrected chi connectivity index (χ0v) is 17.9. The van der Waals surface area contributed by atoms with Gasteiger partial charge in [-0.2, -0.15) is 0 Å². The predicted octanol–water partition coefficient (Wildman–Crippen LogP) is 4.94. The van der Waals surface area contributed by atoms with E-state index in [2.05, 4.69) is 46.3 Å². The van der Waals surface area contributed by atoms with E-state index in [1.165, 1.54) is 0 Å². The fourth-order valence-corrected chi connectivity index (χ4v) is 3.15. The summed E-state index contributed by atoms with van der Waals surface area (Å²) in [5.41, 5.74) is 0.921. The summed E-state index contributed by atoms with van der Waals surface area (Å²) < 4.78 is 0. The Bertz CT molecular complexity index is 452. The molecule has 22 heavy (non-hydrogen) atoms. The van der Waals surface area contributed by atoms with E-state index in [1.54, 1.807) is 0 Å². The number of carbonyl (C=O) groups excluding carboxylic acids is 1. The Balaban J connectivity index is 0. The van der Waals surface area contributed by atoms with E-state index in [1.807, 2.05) is 6.07 Å². The van der Waals surface area contributed by atoms with E-state index < -0.39 is 0 Å². The maximum atomic E-state index is 7.75. The smallest absolute Gasteiger partial charge is 0.545 e. The Kier molecular flexibility index (Phi) is 13.1. The first-order valence-corrected chi connectivity index (χ1v) is 8.83. The Morgan fingerprint density at radius 3 is 2.14 bits per heavy atom. The monoisotopic (exact) mass is 451 g/mol. The first-order chi connectivity index (χ1) is 9.78. The summed E-state index contributed by atoms with van der Waals surface area (Å²) in [4.78, 5) is 14.6. The van der Waals surface area contributed by atoms with Crippen molar-refractivity contribution in [2.45, 2.75) is 45.9 Å². The van der Waals surface area contributed by atoms with Gasteiger partial charge in [0, 0.05) is 25.3 Å². The number of pyridine rings is 1. The van der Waals surface area contributed by atoms with Crippen molar-refractivity contribution in [2.75, 3.05) is 18.0 Å². The Hall–Kier alpha value is 0.253. The van der Waals surface area contributed by atoms with Crippen LogP contribution in [0.25, 0.3) is 0 Å². The van der Waals surface area contributed by atoms with Crippen LogP contribution in [0, 0.1) is 0 Å². The number of anilines is 1. The first kappa shape index (κ1) is 24.5. The van der Waals surface area contributed by atoms with Crippen LogP contribution in [-0.2, 0) is 30.4 Å². The summed E-state index contributed by atoms with van der Waals surface area (Å²) in [6.45, 7) is 16.0. The van der Waals surface area contributed by atoms with Crippen molar-refractivity contribution in [1.82, 2.24) is 4.98 Å². The number of nitrogens with zero attached hydrogens (tertiary/aromatic N) is 2. The third-order valence-electron chi connectivity index (χ3n) is 2.84. The van der Waals surface area contributed by atoms with Gasteiger partial charge in [0.2, 0.25) is 0 Å². The normalized spacial score (nSPS) is 10.9. The van der Waals surface area contributed by atoms with Crippen LogP contribution in [0.5, 0.6) is 0 Å². The van der Waals surface area contributed by atoms with E-state index in [0.29, 0.717) is 15.2 Å². The quantitative estimate of drug-likeness (QED) is 0.275. The van der Waals surface area contributed by atoms with Crippen molar-refractivity contribution >= 4 is 44.4 Å². The van der Waals surface area contributed by atoms with Crippen LogP contribution in [0.4, 0.5) is 5.82 Å². The van der Waals surface area contributed by atoms with Gasteiger partial charge in [-0.15, -0.1) is 8.58 Å². The average Bonchev–Trinajstić information content (AvgIpc) is 2.43. The second-order valence-corrected chi connectivity index (χ2v) is 8.49. The van der Waals surface area contributed by atoms with E-state index >= 15 is 0 Å². The summed E-state index contributed by atoms with van der Waals surface area (Å²) in [6, 6.07) is 1.86. The van der Waals surface area contributed by atoms with E-state index in [4.69, 9.17) is 33.0 Å². The molecule has 0 spiro atoms. The summed E-state index contributed by atoms with van der Waals surface area (Å²) in [5, 5.41) is 1.50. The van der Waals surface area contributed by atoms with Gasteiger partial charge in [0.1, 0.15) is 5.82 Å². The predicted molar refractivity (Wildman–Crippen MR) is 96.3 cm³/mol. The maximum absolute atomic E-state index is 7.75. The summed E-state index contributed by atoms with van der Waals surface area (Å²) in [7, 11) is 0.779. The molecule has 3 nitrogen and oxygen atoms in total.